The molecular weight excluding hydrogens is 300 g/mol. The third-order valence-electron chi connectivity index (χ3n) is 3.48. The highest BCUT2D eigenvalue weighted by Gasteiger charge is 2.05. The van der Waals surface area contributed by atoms with Crippen LogP contribution < -0.4 is 4.74 Å². The van der Waals surface area contributed by atoms with Crippen molar-refractivity contribution in [2.24, 2.45) is 0 Å². The molecule has 0 aliphatic carbocycles. The molecule has 0 amide bonds. The van der Waals surface area contributed by atoms with E-state index in [1.165, 1.54) is 0 Å². The third-order valence-corrected chi connectivity index (χ3v) is 3.48. The van der Waals surface area contributed by atoms with Crippen molar-refractivity contribution in [3.63, 3.8) is 0 Å². The highest BCUT2D eigenvalue weighted by atomic mass is 16.5. The Morgan fingerprint density at radius 2 is 1.88 bits per heavy atom. The molecule has 0 N–H and O–H groups in total. The summed E-state index contributed by atoms with van der Waals surface area (Å²) in [6, 6.07) is 17.2. The van der Waals surface area contributed by atoms with Crippen LogP contribution >= 0.6 is 0 Å². The quantitative estimate of drug-likeness (QED) is 0.568. The van der Waals surface area contributed by atoms with Crippen LogP contribution in [0.3, 0.4) is 0 Å². The molecule has 0 aliphatic heterocycles. The molecule has 116 valence electrons. The second-order valence-corrected chi connectivity index (χ2v) is 5.15. The molecule has 0 aromatic carbocycles. The molecule has 4 aromatic rings. The monoisotopic (exact) mass is 314 g/mol. The molecule has 0 aliphatic rings. The minimum absolute atomic E-state index is 0.522. The van der Waals surface area contributed by atoms with Crippen molar-refractivity contribution in [3.8, 4) is 28.7 Å². The lowest BCUT2D eigenvalue weighted by molar-refractivity contribution is 0.460. The number of hydrogen-bond acceptors (Lipinski definition) is 4. The van der Waals surface area contributed by atoms with E-state index in [2.05, 4.69) is 15.0 Å². The largest absolute Gasteiger partial charge is 0.437 e. The Bertz CT molecular complexity index is 936. The summed E-state index contributed by atoms with van der Waals surface area (Å²) in [6.45, 7) is 0. The molecule has 0 saturated carbocycles. The molecule has 4 rings (SSSR count). The maximum Gasteiger partial charge on any atom is 0.221 e. The minimum Gasteiger partial charge on any atom is -0.437 e. The van der Waals surface area contributed by atoms with Crippen molar-refractivity contribution in [2.45, 2.75) is 0 Å². The topological polar surface area (TPSA) is 52.8 Å². The Hall–Kier alpha value is -3.47. The van der Waals surface area contributed by atoms with E-state index in [1.54, 1.807) is 18.6 Å². The fourth-order valence-electron chi connectivity index (χ4n) is 2.36. The Labute approximate surface area is 139 Å². The number of ether oxygens (including phenoxy) is 1. The highest BCUT2D eigenvalue weighted by molar-refractivity contribution is 5.58. The number of hydrogen-bond donors (Lipinski definition) is 0. The number of aromatic nitrogens is 4. The second kappa shape index (κ2) is 6.34. The van der Waals surface area contributed by atoms with Crippen LogP contribution in [-0.4, -0.2) is 19.5 Å². The van der Waals surface area contributed by atoms with E-state index in [0.29, 0.717) is 11.6 Å². The summed E-state index contributed by atoms with van der Waals surface area (Å²) < 4.78 is 7.68. The fourth-order valence-corrected chi connectivity index (χ4v) is 2.36. The lowest BCUT2D eigenvalue weighted by Gasteiger charge is -2.06. The first kappa shape index (κ1) is 14.1. The molecule has 0 spiro atoms. The van der Waals surface area contributed by atoms with Gasteiger partial charge in [-0.2, -0.15) is 4.98 Å². The van der Waals surface area contributed by atoms with E-state index in [0.717, 1.165) is 17.1 Å². The SMILES string of the molecule is c1ccc(-c2ccn(-c3cccc(Oc4cccnc4)n3)c2)nc1. The molecule has 4 heterocycles. The molecule has 4 aromatic heterocycles. The van der Waals surface area contributed by atoms with Crippen LogP contribution in [0.4, 0.5) is 0 Å². The summed E-state index contributed by atoms with van der Waals surface area (Å²) >= 11 is 0. The average molecular weight is 314 g/mol. The van der Waals surface area contributed by atoms with E-state index in [4.69, 9.17) is 4.74 Å². The molecule has 5 heteroatoms. The first-order valence-electron chi connectivity index (χ1n) is 7.53. The predicted octanol–water partition coefficient (Wildman–Crippen LogP) is 4.12. The Morgan fingerprint density at radius 1 is 0.875 bits per heavy atom. The smallest absolute Gasteiger partial charge is 0.221 e. The van der Waals surface area contributed by atoms with Gasteiger partial charge < -0.3 is 9.30 Å². The zero-order valence-corrected chi connectivity index (χ0v) is 12.8. The molecule has 0 fully saturated rings. The van der Waals surface area contributed by atoms with Crippen LogP contribution in [0.5, 0.6) is 11.6 Å². The lowest BCUT2D eigenvalue weighted by Crippen LogP contribution is -1.96. The Kier molecular flexibility index (Phi) is 3.73. The zero-order valence-electron chi connectivity index (χ0n) is 12.8. The summed E-state index contributed by atoms with van der Waals surface area (Å²) in [5.74, 6) is 1.95. The predicted molar refractivity (Wildman–Crippen MR) is 91.1 cm³/mol. The van der Waals surface area contributed by atoms with Crippen molar-refractivity contribution >= 4 is 0 Å². The van der Waals surface area contributed by atoms with Crippen LogP contribution in [-0.2, 0) is 0 Å². The summed E-state index contributed by atoms with van der Waals surface area (Å²) in [6.07, 6.45) is 9.10. The van der Waals surface area contributed by atoms with Gasteiger partial charge in [0, 0.05) is 36.4 Å². The summed E-state index contributed by atoms with van der Waals surface area (Å²) in [4.78, 5) is 12.9. The van der Waals surface area contributed by atoms with E-state index in [9.17, 15) is 0 Å². The van der Waals surface area contributed by atoms with Crippen molar-refractivity contribution in [2.75, 3.05) is 0 Å². The van der Waals surface area contributed by atoms with Crippen LogP contribution in [0, 0.1) is 0 Å². The maximum atomic E-state index is 5.73. The van der Waals surface area contributed by atoms with E-state index < -0.39 is 0 Å². The van der Waals surface area contributed by atoms with Gasteiger partial charge in [0.1, 0.15) is 11.6 Å². The van der Waals surface area contributed by atoms with Gasteiger partial charge >= 0.3 is 0 Å². The van der Waals surface area contributed by atoms with E-state index >= 15 is 0 Å². The summed E-state index contributed by atoms with van der Waals surface area (Å²) in [7, 11) is 0. The zero-order chi connectivity index (χ0) is 16.2. The summed E-state index contributed by atoms with van der Waals surface area (Å²) in [5.41, 5.74) is 1.97. The van der Waals surface area contributed by atoms with Crippen LogP contribution in [0.15, 0.2) is 85.6 Å². The molecule has 0 atom stereocenters. The fraction of sp³-hybridized carbons (Fsp3) is 0. The van der Waals surface area contributed by atoms with Crippen molar-refractivity contribution < 1.29 is 4.74 Å². The van der Waals surface area contributed by atoms with Crippen LogP contribution in [0.1, 0.15) is 0 Å². The van der Waals surface area contributed by atoms with Crippen LogP contribution in [0.2, 0.25) is 0 Å². The standard InChI is InChI=1S/C19H14N4O/c1-2-11-21-17(6-1)15-9-12-23(14-15)18-7-3-8-19(22-18)24-16-5-4-10-20-13-16/h1-14H. The molecule has 0 radical (unpaired) electrons. The number of nitrogens with zero attached hydrogens (tertiary/aromatic N) is 4. The van der Waals surface area contributed by atoms with Gasteiger partial charge in [-0.15, -0.1) is 0 Å². The third kappa shape index (κ3) is 3.01. The molecule has 5 nitrogen and oxygen atoms in total. The second-order valence-electron chi connectivity index (χ2n) is 5.15. The molecule has 0 unspecified atom stereocenters. The minimum atomic E-state index is 0.522. The molecule has 0 bridgehead atoms. The first-order chi connectivity index (χ1) is 11.9. The number of pyridine rings is 3. The van der Waals surface area contributed by atoms with Gasteiger partial charge in [0.15, 0.2) is 0 Å². The Balaban J connectivity index is 1.61. The van der Waals surface area contributed by atoms with Crippen molar-refractivity contribution in [1.29, 1.82) is 0 Å². The van der Waals surface area contributed by atoms with Gasteiger partial charge in [0.05, 0.1) is 11.9 Å². The van der Waals surface area contributed by atoms with E-state index in [-0.39, 0.29) is 0 Å². The van der Waals surface area contributed by atoms with Crippen molar-refractivity contribution in [3.05, 3.63) is 85.6 Å². The van der Waals surface area contributed by atoms with Crippen molar-refractivity contribution in [1.82, 2.24) is 19.5 Å². The van der Waals surface area contributed by atoms with E-state index in [1.807, 2.05) is 71.6 Å². The van der Waals surface area contributed by atoms with Gasteiger partial charge in [0.2, 0.25) is 5.88 Å². The molecule has 24 heavy (non-hydrogen) atoms. The first-order valence-corrected chi connectivity index (χ1v) is 7.53. The van der Waals surface area contributed by atoms with Gasteiger partial charge in [-0.1, -0.05) is 12.1 Å². The van der Waals surface area contributed by atoms with Crippen LogP contribution in [0.25, 0.3) is 17.1 Å². The van der Waals surface area contributed by atoms with Gasteiger partial charge in [0.25, 0.3) is 0 Å². The van der Waals surface area contributed by atoms with Gasteiger partial charge in [-0.05, 0) is 36.4 Å². The summed E-state index contributed by atoms with van der Waals surface area (Å²) in [5, 5.41) is 0. The maximum absolute atomic E-state index is 5.73. The lowest BCUT2D eigenvalue weighted by atomic mass is 10.2. The highest BCUT2D eigenvalue weighted by Crippen LogP contribution is 2.22. The Morgan fingerprint density at radius 3 is 2.71 bits per heavy atom. The van der Waals surface area contributed by atoms with Gasteiger partial charge in [-0.25, -0.2) is 0 Å². The average Bonchev–Trinajstić information content (AvgIpc) is 3.14. The number of rotatable bonds is 4. The normalized spacial score (nSPS) is 10.5. The molecule has 0 saturated heterocycles. The molecular formula is C19H14N4O. The van der Waals surface area contributed by atoms with Gasteiger partial charge in [-0.3, -0.25) is 9.97 Å².